The van der Waals surface area contributed by atoms with Crippen LogP contribution < -0.4 is 5.32 Å². The zero-order valence-electron chi connectivity index (χ0n) is 11.9. The smallest absolute Gasteiger partial charge is 0.317 e. The van der Waals surface area contributed by atoms with Crippen LogP contribution >= 0.6 is 0 Å². The molecule has 1 aliphatic heterocycles. The first-order chi connectivity index (χ1) is 9.65. The van der Waals surface area contributed by atoms with E-state index in [-0.39, 0.29) is 18.0 Å². The van der Waals surface area contributed by atoms with Crippen molar-refractivity contribution in [2.45, 2.75) is 26.3 Å². The number of H-pyrrole nitrogens is 1. The van der Waals surface area contributed by atoms with Crippen molar-refractivity contribution in [2.24, 2.45) is 5.92 Å². The first-order valence-electron chi connectivity index (χ1n) is 7.15. The number of aromatic amines is 1. The number of urea groups is 1. The van der Waals surface area contributed by atoms with E-state index in [0.29, 0.717) is 0 Å². The second-order valence-corrected chi connectivity index (χ2v) is 5.65. The van der Waals surface area contributed by atoms with E-state index < -0.39 is 0 Å². The number of benzene rings is 1. The molecule has 0 spiro atoms. The number of aromatic nitrogens is 2. The molecule has 2 amide bonds. The molecule has 2 heterocycles. The SMILES string of the molecule is CC(C)[C@H](NC(=O)N1CCC1)c1nc2ccccc2[nH]1. The van der Waals surface area contributed by atoms with Crippen molar-refractivity contribution in [3.8, 4) is 0 Å². The molecule has 1 aromatic heterocycles. The van der Waals surface area contributed by atoms with E-state index >= 15 is 0 Å². The average Bonchev–Trinajstić information content (AvgIpc) is 2.76. The van der Waals surface area contributed by atoms with Gasteiger partial charge in [-0.25, -0.2) is 9.78 Å². The highest BCUT2D eigenvalue weighted by Crippen LogP contribution is 2.22. The van der Waals surface area contributed by atoms with Gasteiger partial charge in [-0.1, -0.05) is 26.0 Å². The molecule has 1 atom stereocenters. The zero-order valence-corrected chi connectivity index (χ0v) is 11.9. The molecule has 0 unspecified atom stereocenters. The summed E-state index contributed by atoms with van der Waals surface area (Å²) in [5.41, 5.74) is 1.94. The van der Waals surface area contributed by atoms with Crippen LogP contribution in [-0.2, 0) is 0 Å². The van der Waals surface area contributed by atoms with Crippen LogP contribution in [0, 0.1) is 5.92 Å². The topological polar surface area (TPSA) is 61.0 Å². The number of likely N-dealkylation sites (tertiary alicyclic amines) is 1. The standard InChI is InChI=1S/C15H20N4O/c1-10(2)13(18-15(20)19-8-5-9-19)14-16-11-6-3-4-7-12(11)17-14/h3-4,6-7,10,13H,5,8-9H2,1-2H3,(H,16,17)(H,18,20)/t13-/m0/s1. The van der Waals surface area contributed by atoms with Gasteiger partial charge in [0.2, 0.25) is 0 Å². The maximum atomic E-state index is 12.1. The van der Waals surface area contributed by atoms with Gasteiger partial charge in [0.05, 0.1) is 17.1 Å². The molecule has 20 heavy (non-hydrogen) atoms. The number of hydrogen-bond donors (Lipinski definition) is 2. The van der Waals surface area contributed by atoms with Gasteiger partial charge < -0.3 is 15.2 Å². The van der Waals surface area contributed by atoms with Gasteiger partial charge in [0.1, 0.15) is 5.82 Å². The second kappa shape index (κ2) is 5.15. The molecule has 0 saturated carbocycles. The summed E-state index contributed by atoms with van der Waals surface area (Å²) in [5.74, 6) is 1.11. The van der Waals surface area contributed by atoms with Crippen LogP contribution in [0.3, 0.4) is 0 Å². The van der Waals surface area contributed by atoms with Crippen molar-refractivity contribution in [3.63, 3.8) is 0 Å². The molecule has 1 saturated heterocycles. The third-order valence-corrected chi connectivity index (χ3v) is 3.79. The highest BCUT2D eigenvalue weighted by atomic mass is 16.2. The number of carbonyl (C=O) groups excluding carboxylic acids is 1. The predicted octanol–water partition coefficient (Wildman–Crippen LogP) is 2.68. The molecular formula is C15H20N4O. The Morgan fingerprint density at radius 2 is 2.10 bits per heavy atom. The Bertz CT molecular complexity index is 582. The summed E-state index contributed by atoms with van der Waals surface area (Å²) in [4.78, 5) is 21.8. The van der Waals surface area contributed by atoms with Crippen molar-refractivity contribution in [2.75, 3.05) is 13.1 Å². The Kier molecular flexibility index (Phi) is 3.34. The molecule has 2 N–H and O–H groups in total. The number of hydrogen-bond acceptors (Lipinski definition) is 2. The second-order valence-electron chi connectivity index (χ2n) is 5.65. The average molecular weight is 272 g/mol. The van der Waals surface area contributed by atoms with Gasteiger partial charge in [-0.05, 0) is 24.5 Å². The predicted molar refractivity (Wildman–Crippen MR) is 78.4 cm³/mol. The van der Waals surface area contributed by atoms with Gasteiger partial charge >= 0.3 is 6.03 Å². The Labute approximate surface area is 118 Å². The van der Waals surface area contributed by atoms with E-state index in [1.807, 2.05) is 29.2 Å². The minimum Gasteiger partial charge on any atom is -0.340 e. The van der Waals surface area contributed by atoms with Gasteiger partial charge in [-0.2, -0.15) is 0 Å². The summed E-state index contributed by atoms with van der Waals surface area (Å²) >= 11 is 0. The molecule has 1 aromatic carbocycles. The van der Waals surface area contributed by atoms with Crippen molar-refractivity contribution < 1.29 is 4.79 Å². The molecular weight excluding hydrogens is 252 g/mol. The van der Waals surface area contributed by atoms with Gasteiger partial charge in [0.25, 0.3) is 0 Å². The number of fused-ring (bicyclic) bond motifs is 1. The van der Waals surface area contributed by atoms with E-state index in [0.717, 1.165) is 36.4 Å². The first kappa shape index (κ1) is 13.0. The molecule has 2 aromatic rings. The highest BCUT2D eigenvalue weighted by molar-refractivity contribution is 5.77. The van der Waals surface area contributed by atoms with Gasteiger partial charge in [-0.15, -0.1) is 0 Å². The van der Waals surface area contributed by atoms with Crippen molar-refractivity contribution in [1.82, 2.24) is 20.2 Å². The molecule has 3 rings (SSSR count). The number of nitrogens with one attached hydrogen (secondary N) is 2. The fourth-order valence-electron chi connectivity index (χ4n) is 2.41. The van der Waals surface area contributed by atoms with E-state index in [2.05, 4.69) is 29.1 Å². The van der Waals surface area contributed by atoms with Crippen LogP contribution in [0.15, 0.2) is 24.3 Å². The summed E-state index contributed by atoms with van der Waals surface area (Å²) in [7, 11) is 0. The maximum absolute atomic E-state index is 12.1. The van der Waals surface area contributed by atoms with E-state index in [4.69, 9.17) is 0 Å². The minimum absolute atomic E-state index is 0.00964. The number of rotatable bonds is 3. The van der Waals surface area contributed by atoms with Crippen LogP contribution in [0.1, 0.15) is 32.1 Å². The summed E-state index contributed by atoms with van der Waals surface area (Å²) in [6, 6.07) is 7.85. The lowest BCUT2D eigenvalue weighted by atomic mass is 10.0. The molecule has 106 valence electrons. The third kappa shape index (κ3) is 2.35. The van der Waals surface area contributed by atoms with Gasteiger partial charge in [0, 0.05) is 13.1 Å². The molecule has 5 heteroatoms. The van der Waals surface area contributed by atoms with Gasteiger partial charge in [-0.3, -0.25) is 0 Å². The number of carbonyl (C=O) groups is 1. The highest BCUT2D eigenvalue weighted by Gasteiger charge is 2.26. The lowest BCUT2D eigenvalue weighted by Crippen LogP contribution is -2.49. The fourth-order valence-corrected chi connectivity index (χ4v) is 2.41. The van der Waals surface area contributed by atoms with Crippen LogP contribution in [0.4, 0.5) is 4.79 Å². The zero-order chi connectivity index (χ0) is 14.1. The first-order valence-corrected chi connectivity index (χ1v) is 7.15. The normalized spacial score (nSPS) is 16.2. The Morgan fingerprint density at radius 3 is 2.70 bits per heavy atom. The largest absolute Gasteiger partial charge is 0.340 e. The molecule has 0 radical (unpaired) electrons. The van der Waals surface area contributed by atoms with Crippen LogP contribution in [0.2, 0.25) is 0 Å². The van der Waals surface area contributed by atoms with E-state index in [1.165, 1.54) is 0 Å². The minimum atomic E-state index is -0.0875. The summed E-state index contributed by atoms with van der Waals surface area (Å²) < 4.78 is 0. The number of amides is 2. The van der Waals surface area contributed by atoms with Crippen LogP contribution in [-0.4, -0.2) is 34.0 Å². The lowest BCUT2D eigenvalue weighted by molar-refractivity contribution is 0.160. The van der Waals surface area contributed by atoms with Crippen molar-refractivity contribution in [1.29, 1.82) is 0 Å². The Morgan fingerprint density at radius 1 is 1.35 bits per heavy atom. The number of nitrogens with zero attached hydrogens (tertiary/aromatic N) is 2. The quantitative estimate of drug-likeness (QED) is 0.902. The Balaban J connectivity index is 1.83. The third-order valence-electron chi connectivity index (χ3n) is 3.79. The maximum Gasteiger partial charge on any atom is 0.317 e. The molecule has 0 aliphatic carbocycles. The Hall–Kier alpha value is -2.04. The van der Waals surface area contributed by atoms with Crippen LogP contribution in [0.5, 0.6) is 0 Å². The monoisotopic (exact) mass is 272 g/mol. The molecule has 5 nitrogen and oxygen atoms in total. The molecule has 0 bridgehead atoms. The van der Waals surface area contributed by atoms with E-state index in [1.54, 1.807) is 0 Å². The number of para-hydroxylation sites is 2. The fraction of sp³-hybridized carbons (Fsp3) is 0.467. The van der Waals surface area contributed by atoms with Crippen LogP contribution in [0.25, 0.3) is 11.0 Å². The molecule has 1 aliphatic rings. The lowest BCUT2D eigenvalue weighted by Gasteiger charge is -2.33. The summed E-state index contributed by atoms with van der Waals surface area (Å²) in [6.07, 6.45) is 1.10. The summed E-state index contributed by atoms with van der Waals surface area (Å²) in [5, 5.41) is 3.09. The molecule has 1 fully saturated rings. The van der Waals surface area contributed by atoms with E-state index in [9.17, 15) is 4.79 Å². The van der Waals surface area contributed by atoms with Gasteiger partial charge in [0.15, 0.2) is 0 Å². The van der Waals surface area contributed by atoms with Crippen molar-refractivity contribution in [3.05, 3.63) is 30.1 Å². The number of imidazole rings is 1. The van der Waals surface area contributed by atoms with Crippen molar-refractivity contribution >= 4 is 17.1 Å². The summed E-state index contributed by atoms with van der Waals surface area (Å²) in [6.45, 7) is 5.90.